The van der Waals surface area contributed by atoms with E-state index in [1.54, 1.807) is 7.05 Å². The normalized spacial score (nSPS) is 13.3. The Morgan fingerprint density at radius 2 is 1.77 bits per heavy atom. The molecule has 3 aromatic rings. The van der Waals surface area contributed by atoms with Crippen LogP contribution in [0, 0.1) is 0 Å². The highest BCUT2D eigenvalue weighted by Gasteiger charge is 2.22. The Labute approximate surface area is 175 Å². The highest BCUT2D eigenvalue weighted by Crippen LogP contribution is 2.25. The second kappa shape index (κ2) is 8.33. The SMILES string of the molecule is CN(Cc1ccccc1)S(=O)(=O)c1ccc(C(=O)Nc2ncnc3c2CCC3)cc1. The number of benzene rings is 2. The highest BCUT2D eigenvalue weighted by atomic mass is 32.2. The number of aromatic nitrogens is 2. The van der Waals surface area contributed by atoms with Gasteiger partial charge in [0, 0.05) is 30.4 Å². The molecule has 154 valence electrons. The molecule has 0 fully saturated rings. The average Bonchev–Trinajstić information content (AvgIpc) is 3.24. The average molecular weight is 423 g/mol. The van der Waals surface area contributed by atoms with E-state index in [-0.39, 0.29) is 17.3 Å². The van der Waals surface area contributed by atoms with Crippen molar-refractivity contribution in [1.82, 2.24) is 14.3 Å². The molecule has 0 unspecified atom stereocenters. The van der Waals surface area contributed by atoms with Gasteiger partial charge in [0.25, 0.3) is 5.91 Å². The van der Waals surface area contributed by atoms with E-state index >= 15 is 0 Å². The predicted molar refractivity (Wildman–Crippen MR) is 114 cm³/mol. The Hall–Kier alpha value is -3.10. The van der Waals surface area contributed by atoms with Crippen molar-refractivity contribution in [3.05, 3.63) is 83.3 Å². The third kappa shape index (κ3) is 4.10. The summed E-state index contributed by atoms with van der Waals surface area (Å²) in [6.07, 6.45) is 4.19. The Kier molecular flexibility index (Phi) is 5.61. The molecule has 1 aliphatic rings. The smallest absolute Gasteiger partial charge is 0.256 e. The van der Waals surface area contributed by atoms with Crippen LogP contribution >= 0.6 is 0 Å². The number of rotatable bonds is 6. The number of carbonyl (C=O) groups is 1. The van der Waals surface area contributed by atoms with E-state index in [2.05, 4.69) is 15.3 Å². The van der Waals surface area contributed by atoms with Crippen LogP contribution in [0.4, 0.5) is 5.82 Å². The molecular formula is C22H22N4O3S. The van der Waals surface area contributed by atoms with Gasteiger partial charge in [0.05, 0.1) is 4.90 Å². The summed E-state index contributed by atoms with van der Waals surface area (Å²) >= 11 is 0. The van der Waals surface area contributed by atoms with Gasteiger partial charge in [0.2, 0.25) is 10.0 Å². The first kappa shape index (κ1) is 20.2. The molecule has 1 amide bonds. The minimum absolute atomic E-state index is 0.139. The molecule has 0 aliphatic heterocycles. The van der Waals surface area contributed by atoms with E-state index in [4.69, 9.17) is 0 Å². The lowest BCUT2D eigenvalue weighted by Crippen LogP contribution is -2.26. The van der Waals surface area contributed by atoms with Gasteiger partial charge in [0.1, 0.15) is 12.1 Å². The molecule has 0 saturated carbocycles. The van der Waals surface area contributed by atoms with Gasteiger partial charge < -0.3 is 5.32 Å². The summed E-state index contributed by atoms with van der Waals surface area (Å²) in [7, 11) is -2.13. The number of hydrogen-bond acceptors (Lipinski definition) is 5. The van der Waals surface area contributed by atoms with E-state index < -0.39 is 10.0 Å². The maximum Gasteiger partial charge on any atom is 0.256 e. The van der Waals surface area contributed by atoms with Crippen molar-refractivity contribution in [1.29, 1.82) is 0 Å². The number of nitrogens with one attached hydrogen (secondary N) is 1. The predicted octanol–water partition coefficient (Wildman–Crippen LogP) is 3.04. The molecule has 1 heterocycles. The van der Waals surface area contributed by atoms with Crippen molar-refractivity contribution in [2.75, 3.05) is 12.4 Å². The fourth-order valence-corrected chi connectivity index (χ4v) is 4.69. The number of carbonyl (C=O) groups excluding carboxylic acids is 1. The molecule has 0 bridgehead atoms. The zero-order chi connectivity index (χ0) is 21.1. The summed E-state index contributed by atoms with van der Waals surface area (Å²) in [6, 6.07) is 15.3. The van der Waals surface area contributed by atoms with Crippen LogP contribution in [0.2, 0.25) is 0 Å². The summed E-state index contributed by atoms with van der Waals surface area (Å²) in [6.45, 7) is 0.268. The van der Waals surface area contributed by atoms with Gasteiger partial charge >= 0.3 is 0 Å². The van der Waals surface area contributed by atoms with Crippen LogP contribution in [0.5, 0.6) is 0 Å². The molecule has 0 atom stereocenters. The lowest BCUT2D eigenvalue weighted by Gasteiger charge is -2.17. The maximum atomic E-state index is 12.8. The molecule has 2 aromatic carbocycles. The fourth-order valence-electron chi connectivity index (χ4n) is 3.53. The maximum absolute atomic E-state index is 12.8. The number of sulfonamides is 1. The Balaban J connectivity index is 1.48. The molecule has 1 N–H and O–H groups in total. The van der Waals surface area contributed by atoms with Gasteiger partial charge in [-0.15, -0.1) is 0 Å². The molecule has 0 saturated heterocycles. The number of aryl methyl sites for hydroxylation is 1. The van der Waals surface area contributed by atoms with Crippen LogP contribution in [-0.4, -0.2) is 35.6 Å². The zero-order valence-corrected chi connectivity index (χ0v) is 17.4. The lowest BCUT2D eigenvalue weighted by atomic mass is 10.2. The summed E-state index contributed by atoms with van der Waals surface area (Å²) in [5.41, 5.74) is 3.22. The number of fused-ring (bicyclic) bond motifs is 1. The first-order valence-electron chi connectivity index (χ1n) is 9.69. The molecule has 1 aromatic heterocycles. The summed E-state index contributed by atoms with van der Waals surface area (Å²) in [4.78, 5) is 21.2. The number of nitrogens with zero attached hydrogens (tertiary/aromatic N) is 3. The fraction of sp³-hybridized carbons (Fsp3) is 0.227. The highest BCUT2D eigenvalue weighted by molar-refractivity contribution is 7.89. The van der Waals surface area contributed by atoms with E-state index in [1.165, 1.54) is 34.9 Å². The Bertz CT molecular complexity index is 1160. The van der Waals surface area contributed by atoms with Gasteiger partial charge in [-0.05, 0) is 49.1 Å². The molecule has 8 heteroatoms. The van der Waals surface area contributed by atoms with E-state index in [0.717, 1.165) is 36.1 Å². The monoisotopic (exact) mass is 422 g/mol. The molecule has 4 rings (SSSR count). The van der Waals surface area contributed by atoms with E-state index in [1.807, 2.05) is 30.3 Å². The number of anilines is 1. The Morgan fingerprint density at radius 3 is 2.50 bits per heavy atom. The van der Waals surface area contributed by atoms with Crippen LogP contribution in [0.15, 0.2) is 65.8 Å². The second-order valence-electron chi connectivity index (χ2n) is 7.23. The summed E-state index contributed by atoms with van der Waals surface area (Å²) in [5, 5.41) is 2.82. The molecule has 30 heavy (non-hydrogen) atoms. The number of hydrogen-bond donors (Lipinski definition) is 1. The molecule has 0 spiro atoms. The third-order valence-electron chi connectivity index (χ3n) is 5.18. The van der Waals surface area contributed by atoms with Gasteiger partial charge in [-0.1, -0.05) is 30.3 Å². The first-order valence-corrected chi connectivity index (χ1v) is 11.1. The van der Waals surface area contributed by atoms with Crippen molar-refractivity contribution in [2.45, 2.75) is 30.7 Å². The largest absolute Gasteiger partial charge is 0.306 e. The summed E-state index contributed by atoms with van der Waals surface area (Å²) in [5.74, 6) is 0.200. The van der Waals surface area contributed by atoms with Crippen molar-refractivity contribution in [2.24, 2.45) is 0 Å². The van der Waals surface area contributed by atoms with E-state index in [0.29, 0.717) is 11.4 Å². The summed E-state index contributed by atoms with van der Waals surface area (Å²) < 4.78 is 27.0. The van der Waals surface area contributed by atoms with Crippen LogP contribution in [-0.2, 0) is 29.4 Å². The molecular weight excluding hydrogens is 400 g/mol. The van der Waals surface area contributed by atoms with Crippen molar-refractivity contribution in [3.8, 4) is 0 Å². The second-order valence-corrected chi connectivity index (χ2v) is 9.27. The molecule has 7 nitrogen and oxygen atoms in total. The molecule has 1 aliphatic carbocycles. The quantitative estimate of drug-likeness (QED) is 0.659. The van der Waals surface area contributed by atoms with Crippen molar-refractivity contribution < 1.29 is 13.2 Å². The Morgan fingerprint density at radius 1 is 1.03 bits per heavy atom. The van der Waals surface area contributed by atoms with Crippen molar-refractivity contribution in [3.63, 3.8) is 0 Å². The van der Waals surface area contributed by atoms with Crippen LogP contribution in [0.3, 0.4) is 0 Å². The minimum Gasteiger partial charge on any atom is -0.306 e. The number of amides is 1. The standard InChI is InChI=1S/C22H22N4O3S/c1-26(14-16-6-3-2-4-7-16)30(28,29)18-12-10-17(11-13-18)22(27)25-21-19-8-5-9-20(19)23-15-24-21/h2-4,6-7,10-13,15H,5,8-9,14H2,1H3,(H,23,24,25,27). The zero-order valence-electron chi connectivity index (χ0n) is 16.6. The van der Waals surface area contributed by atoms with Crippen molar-refractivity contribution >= 4 is 21.7 Å². The van der Waals surface area contributed by atoms with Gasteiger partial charge in [-0.3, -0.25) is 4.79 Å². The lowest BCUT2D eigenvalue weighted by molar-refractivity contribution is 0.102. The minimum atomic E-state index is -3.67. The molecule has 0 radical (unpaired) electrons. The first-order chi connectivity index (χ1) is 14.4. The van der Waals surface area contributed by atoms with E-state index in [9.17, 15) is 13.2 Å². The van der Waals surface area contributed by atoms with Crippen LogP contribution in [0.1, 0.15) is 33.6 Å². The van der Waals surface area contributed by atoms with Crippen LogP contribution in [0.25, 0.3) is 0 Å². The van der Waals surface area contributed by atoms with Gasteiger partial charge in [-0.25, -0.2) is 18.4 Å². The van der Waals surface area contributed by atoms with Gasteiger partial charge in [-0.2, -0.15) is 4.31 Å². The van der Waals surface area contributed by atoms with Gasteiger partial charge in [0.15, 0.2) is 0 Å². The third-order valence-corrected chi connectivity index (χ3v) is 7.00. The van der Waals surface area contributed by atoms with Crippen LogP contribution < -0.4 is 5.32 Å². The topological polar surface area (TPSA) is 92.3 Å².